The molecule has 0 aliphatic heterocycles. The van der Waals surface area contributed by atoms with Crippen LogP contribution in [0, 0.1) is 0 Å². The Labute approximate surface area is 140 Å². The average molecular weight is 369 g/mol. The third-order valence-electron chi connectivity index (χ3n) is 3.04. The Kier molecular flexibility index (Phi) is 7.30. The molecular formula is C14H16ClF3N2O4. The molecule has 0 fully saturated rings. The van der Waals surface area contributed by atoms with Crippen molar-refractivity contribution in [3.8, 4) is 0 Å². The minimum atomic E-state index is -4.70. The van der Waals surface area contributed by atoms with Crippen LogP contribution < -0.4 is 10.6 Å². The van der Waals surface area contributed by atoms with Crippen molar-refractivity contribution < 1.29 is 33.0 Å². The van der Waals surface area contributed by atoms with Crippen LogP contribution in [0.15, 0.2) is 18.2 Å². The zero-order valence-corrected chi connectivity index (χ0v) is 13.1. The van der Waals surface area contributed by atoms with E-state index in [-0.39, 0.29) is 30.0 Å². The topological polar surface area (TPSA) is 98.7 Å². The monoisotopic (exact) mass is 368 g/mol. The van der Waals surface area contributed by atoms with Crippen LogP contribution in [0.5, 0.6) is 0 Å². The first-order chi connectivity index (χ1) is 11.1. The van der Waals surface area contributed by atoms with E-state index in [1.165, 1.54) is 6.07 Å². The minimum absolute atomic E-state index is 0.0308. The number of rotatable bonds is 7. The maximum Gasteiger partial charge on any atom is 0.416 e. The summed E-state index contributed by atoms with van der Waals surface area (Å²) in [6, 6.07) is 0.908. The van der Waals surface area contributed by atoms with Crippen LogP contribution in [0.1, 0.15) is 30.0 Å². The maximum absolute atomic E-state index is 13.1. The van der Waals surface area contributed by atoms with E-state index >= 15 is 0 Å². The standard InChI is InChI=1S/C14H16ClF3N2O4/c15-8-3-4-9(10(6-8)14(16,17)18)11(7-21)20-13(24)19-5-1-2-12(22)23/h3-4,6,11,21H,1-2,5,7H2,(H,22,23)(H2,19,20,24). The molecule has 1 rings (SSSR count). The number of aliphatic carboxylic acids is 1. The summed E-state index contributed by atoms with van der Waals surface area (Å²) in [7, 11) is 0. The lowest BCUT2D eigenvalue weighted by Crippen LogP contribution is -2.40. The Balaban J connectivity index is 2.80. The summed E-state index contributed by atoms with van der Waals surface area (Å²) < 4.78 is 39.2. The van der Waals surface area contributed by atoms with Gasteiger partial charge in [-0.25, -0.2) is 4.79 Å². The van der Waals surface area contributed by atoms with Crippen molar-refractivity contribution in [1.82, 2.24) is 10.6 Å². The van der Waals surface area contributed by atoms with Gasteiger partial charge in [0.2, 0.25) is 0 Å². The van der Waals surface area contributed by atoms with Crippen molar-refractivity contribution in [2.75, 3.05) is 13.2 Å². The van der Waals surface area contributed by atoms with Gasteiger partial charge in [0.05, 0.1) is 18.2 Å². The summed E-state index contributed by atoms with van der Waals surface area (Å²) in [5, 5.41) is 22.2. The van der Waals surface area contributed by atoms with Crippen molar-refractivity contribution in [1.29, 1.82) is 0 Å². The zero-order valence-electron chi connectivity index (χ0n) is 12.4. The van der Waals surface area contributed by atoms with E-state index in [1.54, 1.807) is 0 Å². The molecule has 1 atom stereocenters. The fraction of sp³-hybridized carbons (Fsp3) is 0.429. The Bertz CT molecular complexity index is 596. The van der Waals surface area contributed by atoms with Gasteiger partial charge < -0.3 is 20.8 Å². The number of carbonyl (C=O) groups is 2. The Morgan fingerprint density at radius 2 is 1.96 bits per heavy atom. The molecule has 2 amide bonds. The molecule has 0 radical (unpaired) electrons. The second-order valence-corrected chi connectivity index (χ2v) is 5.30. The number of amides is 2. The predicted octanol–water partition coefficient (Wildman–Crippen LogP) is 2.56. The highest BCUT2D eigenvalue weighted by Crippen LogP contribution is 2.36. The molecule has 10 heteroatoms. The van der Waals surface area contributed by atoms with Crippen LogP contribution >= 0.6 is 11.6 Å². The van der Waals surface area contributed by atoms with E-state index in [2.05, 4.69) is 10.6 Å². The molecule has 0 aliphatic carbocycles. The van der Waals surface area contributed by atoms with E-state index in [0.717, 1.165) is 6.07 Å². The van der Waals surface area contributed by atoms with Crippen LogP contribution in [0.3, 0.4) is 0 Å². The Morgan fingerprint density at radius 1 is 1.29 bits per heavy atom. The first-order valence-electron chi connectivity index (χ1n) is 6.88. The highest BCUT2D eigenvalue weighted by Gasteiger charge is 2.35. The van der Waals surface area contributed by atoms with Gasteiger partial charge in [0.15, 0.2) is 0 Å². The average Bonchev–Trinajstić information content (AvgIpc) is 2.48. The van der Waals surface area contributed by atoms with Crippen LogP contribution in [0.4, 0.5) is 18.0 Å². The first-order valence-corrected chi connectivity index (χ1v) is 7.26. The number of carbonyl (C=O) groups excluding carboxylic acids is 1. The molecule has 0 aromatic heterocycles. The minimum Gasteiger partial charge on any atom is -0.481 e. The van der Waals surface area contributed by atoms with Crippen molar-refractivity contribution in [2.45, 2.75) is 25.1 Å². The van der Waals surface area contributed by atoms with Crippen molar-refractivity contribution in [3.63, 3.8) is 0 Å². The Morgan fingerprint density at radius 3 is 2.50 bits per heavy atom. The number of aliphatic hydroxyl groups excluding tert-OH is 1. The molecule has 0 heterocycles. The van der Waals surface area contributed by atoms with Gasteiger partial charge in [-0.2, -0.15) is 13.2 Å². The largest absolute Gasteiger partial charge is 0.481 e. The molecule has 1 aromatic rings. The molecular weight excluding hydrogens is 353 g/mol. The highest BCUT2D eigenvalue weighted by atomic mass is 35.5. The molecule has 0 saturated carbocycles. The van der Waals surface area contributed by atoms with Crippen molar-refractivity contribution in [2.24, 2.45) is 0 Å². The number of hydrogen-bond acceptors (Lipinski definition) is 3. The number of alkyl halides is 3. The zero-order chi connectivity index (χ0) is 18.3. The van der Waals surface area contributed by atoms with Gasteiger partial charge in [0.25, 0.3) is 0 Å². The number of hydrogen-bond donors (Lipinski definition) is 4. The molecule has 1 unspecified atom stereocenters. The fourth-order valence-corrected chi connectivity index (χ4v) is 2.12. The maximum atomic E-state index is 13.1. The van der Waals surface area contributed by atoms with Crippen molar-refractivity contribution in [3.05, 3.63) is 34.3 Å². The van der Waals surface area contributed by atoms with E-state index in [1.807, 2.05) is 0 Å². The number of nitrogens with one attached hydrogen (secondary N) is 2. The number of benzene rings is 1. The van der Waals surface area contributed by atoms with Crippen LogP contribution in [-0.4, -0.2) is 35.4 Å². The first kappa shape index (κ1) is 20.0. The smallest absolute Gasteiger partial charge is 0.416 e. The quantitative estimate of drug-likeness (QED) is 0.556. The van der Waals surface area contributed by atoms with E-state index < -0.39 is 36.4 Å². The highest BCUT2D eigenvalue weighted by molar-refractivity contribution is 6.30. The number of carboxylic acids is 1. The van der Waals surface area contributed by atoms with Crippen LogP contribution in [0.2, 0.25) is 5.02 Å². The summed E-state index contributed by atoms with van der Waals surface area (Å²) in [5.74, 6) is -1.03. The van der Waals surface area contributed by atoms with Gasteiger partial charge in [-0.05, 0) is 24.1 Å². The lowest BCUT2D eigenvalue weighted by molar-refractivity contribution is -0.139. The molecule has 24 heavy (non-hydrogen) atoms. The molecule has 134 valence electrons. The summed E-state index contributed by atoms with van der Waals surface area (Å²) in [4.78, 5) is 22.0. The normalized spacial score (nSPS) is 12.5. The number of carboxylic acid groups (broad SMARTS) is 1. The SMILES string of the molecule is O=C(O)CCCNC(=O)NC(CO)c1ccc(Cl)cc1C(F)(F)F. The van der Waals surface area contributed by atoms with Gasteiger partial charge in [0.1, 0.15) is 0 Å². The van der Waals surface area contributed by atoms with E-state index in [0.29, 0.717) is 6.07 Å². The summed E-state index contributed by atoms with van der Waals surface area (Å²) in [6.07, 6.45) is -4.69. The molecule has 4 N–H and O–H groups in total. The molecule has 0 saturated heterocycles. The second kappa shape index (κ2) is 8.74. The Hall–Kier alpha value is -2.00. The molecule has 0 spiro atoms. The summed E-state index contributed by atoms with van der Waals surface area (Å²) in [6.45, 7) is -0.726. The van der Waals surface area contributed by atoms with Gasteiger partial charge in [-0.1, -0.05) is 17.7 Å². The van der Waals surface area contributed by atoms with Gasteiger partial charge in [-0.15, -0.1) is 0 Å². The third kappa shape index (κ3) is 6.25. The summed E-state index contributed by atoms with van der Waals surface area (Å²) in [5.41, 5.74) is -1.38. The molecule has 0 aliphatic rings. The van der Waals surface area contributed by atoms with E-state index in [4.69, 9.17) is 16.7 Å². The third-order valence-corrected chi connectivity index (χ3v) is 3.27. The molecule has 1 aromatic carbocycles. The van der Waals surface area contributed by atoms with E-state index in [9.17, 15) is 27.9 Å². The predicted molar refractivity (Wildman–Crippen MR) is 79.7 cm³/mol. The van der Waals surface area contributed by atoms with Crippen LogP contribution in [0.25, 0.3) is 0 Å². The lowest BCUT2D eigenvalue weighted by Gasteiger charge is -2.21. The van der Waals surface area contributed by atoms with Gasteiger partial charge >= 0.3 is 18.2 Å². The number of halogens is 4. The van der Waals surface area contributed by atoms with Gasteiger partial charge in [-0.3, -0.25) is 4.79 Å². The fourth-order valence-electron chi connectivity index (χ4n) is 1.95. The lowest BCUT2D eigenvalue weighted by atomic mass is 10.0. The van der Waals surface area contributed by atoms with Gasteiger partial charge in [0, 0.05) is 18.0 Å². The summed E-state index contributed by atoms with van der Waals surface area (Å²) >= 11 is 5.58. The van der Waals surface area contributed by atoms with Crippen LogP contribution in [-0.2, 0) is 11.0 Å². The molecule has 0 bridgehead atoms. The second-order valence-electron chi connectivity index (χ2n) is 4.86. The number of aliphatic hydroxyl groups is 1. The number of urea groups is 1. The molecule has 6 nitrogen and oxygen atoms in total. The van der Waals surface area contributed by atoms with Crippen molar-refractivity contribution >= 4 is 23.6 Å².